The lowest BCUT2D eigenvalue weighted by Gasteiger charge is -2.36. The van der Waals surface area contributed by atoms with Crippen molar-refractivity contribution in [2.24, 2.45) is 7.05 Å². The Hall–Kier alpha value is -2.63. The summed E-state index contributed by atoms with van der Waals surface area (Å²) in [6.45, 7) is 0.226. The first-order chi connectivity index (χ1) is 20.2. The number of nitrogens with zero attached hydrogens (tertiary/aromatic N) is 3. The van der Waals surface area contributed by atoms with Crippen molar-refractivity contribution in [1.29, 1.82) is 0 Å². The number of carbonyl (C=O) groups excluding carboxylic acids is 1. The Morgan fingerprint density at radius 1 is 1.02 bits per heavy atom. The number of amides is 1. The number of carbonyl (C=O) groups is 1. The minimum Gasteiger partial charge on any atom is -0.392 e. The van der Waals surface area contributed by atoms with Crippen LogP contribution in [0.15, 0.2) is 84.3 Å². The highest BCUT2D eigenvalue weighted by atomic mass is 35.6. The predicted molar refractivity (Wildman–Crippen MR) is 164 cm³/mol. The fraction of sp³-hybridized carbons (Fsp3) is 0.300. The maximum absolute atomic E-state index is 11.9. The van der Waals surface area contributed by atoms with Gasteiger partial charge < -0.3 is 24.5 Å². The number of benzene rings is 3. The molecule has 3 atom stereocenters. The van der Waals surface area contributed by atoms with E-state index in [1.54, 1.807) is 18.1 Å². The molecule has 0 spiro atoms. The number of aryl methyl sites for hydroxylation is 1. The molecule has 2 heterocycles. The summed E-state index contributed by atoms with van der Waals surface area (Å²) < 4.78 is 12.8. The van der Waals surface area contributed by atoms with Gasteiger partial charge in [-0.25, -0.2) is 0 Å². The van der Waals surface area contributed by atoms with Crippen molar-refractivity contribution in [1.82, 2.24) is 20.1 Å². The molecule has 0 aliphatic carbocycles. The molecule has 0 saturated carbocycles. The van der Waals surface area contributed by atoms with E-state index in [-0.39, 0.29) is 25.4 Å². The number of hydrogen-bond acceptors (Lipinski definition) is 7. The third kappa shape index (κ3) is 7.85. The van der Waals surface area contributed by atoms with Crippen LogP contribution in [0.3, 0.4) is 0 Å². The van der Waals surface area contributed by atoms with Crippen LogP contribution in [-0.4, -0.2) is 41.4 Å². The molecule has 0 bridgehead atoms. The number of ether oxygens (including phenoxy) is 2. The van der Waals surface area contributed by atoms with Gasteiger partial charge in [0.15, 0.2) is 11.4 Å². The summed E-state index contributed by atoms with van der Waals surface area (Å²) in [6, 6.07) is 23.6. The molecule has 42 heavy (non-hydrogen) atoms. The molecule has 1 amide bonds. The van der Waals surface area contributed by atoms with Gasteiger partial charge in [0.05, 0.1) is 18.8 Å². The van der Waals surface area contributed by atoms with Crippen molar-refractivity contribution in [3.05, 3.63) is 101 Å². The quantitative estimate of drug-likeness (QED) is 0.163. The Kier molecular flexibility index (Phi) is 10.1. The highest BCUT2D eigenvalue weighted by Crippen LogP contribution is 2.39. The number of hydrogen-bond donors (Lipinski definition) is 2. The molecule has 1 aromatic heterocycles. The van der Waals surface area contributed by atoms with E-state index in [2.05, 4.69) is 15.5 Å². The summed E-state index contributed by atoms with van der Waals surface area (Å²) in [4.78, 5) is 11.9. The SMILES string of the molecule is Cn1cnnc1SC[C@@H]1C[C@H](c2ccc(CO)cc2)O[C@H](c2ccc(-c3cccc(CNC(=O)C(Cl)(Cl)Cl)c3)cc2)O1. The first-order valence-corrected chi connectivity index (χ1v) is 15.3. The molecular formula is C30H29Cl3N4O4S. The maximum Gasteiger partial charge on any atom is 0.272 e. The molecule has 1 fully saturated rings. The van der Waals surface area contributed by atoms with Gasteiger partial charge in [-0.05, 0) is 33.9 Å². The highest BCUT2D eigenvalue weighted by molar-refractivity contribution is 7.99. The van der Waals surface area contributed by atoms with Gasteiger partial charge in [0, 0.05) is 31.3 Å². The van der Waals surface area contributed by atoms with Crippen LogP contribution in [0.5, 0.6) is 0 Å². The van der Waals surface area contributed by atoms with Gasteiger partial charge in [-0.1, -0.05) is 113 Å². The molecule has 0 unspecified atom stereocenters. The van der Waals surface area contributed by atoms with Gasteiger partial charge in [0.25, 0.3) is 9.70 Å². The molecule has 2 N–H and O–H groups in total. The Morgan fingerprint density at radius 2 is 1.76 bits per heavy atom. The molecule has 8 nitrogen and oxygen atoms in total. The molecule has 1 saturated heterocycles. The summed E-state index contributed by atoms with van der Waals surface area (Å²) >= 11 is 18.5. The van der Waals surface area contributed by atoms with Crippen molar-refractivity contribution >= 4 is 52.5 Å². The van der Waals surface area contributed by atoms with Crippen molar-refractivity contribution in [3.63, 3.8) is 0 Å². The Morgan fingerprint density at radius 3 is 2.43 bits per heavy atom. The third-order valence-electron chi connectivity index (χ3n) is 6.84. The molecular weight excluding hydrogens is 619 g/mol. The van der Waals surface area contributed by atoms with Crippen LogP contribution >= 0.6 is 46.6 Å². The number of nitrogens with one attached hydrogen (secondary N) is 1. The lowest BCUT2D eigenvalue weighted by atomic mass is 9.99. The second-order valence-corrected chi connectivity index (χ2v) is 13.2. The van der Waals surface area contributed by atoms with Crippen LogP contribution in [0.2, 0.25) is 0 Å². The second-order valence-electron chi connectivity index (χ2n) is 9.89. The van der Waals surface area contributed by atoms with Crippen molar-refractivity contribution in [2.75, 3.05) is 5.75 Å². The molecule has 3 aromatic carbocycles. The van der Waals surface area contributed by atoms with Gasteiger partial charge in [-0.2, -0.15) is 0 Å². The van der Waals surface area contributed by atoms with Gasteiger partial charge >= 0.3 is 0 Å². The number of halogens is 3. The third-order valence-corrected chi connectivity index (χ3v) is 8.52. The summed E-state index contributed by atoms with van der Waals surface area (Å²) in [5.74, 6) is 0.0165. The maximum atomic E-state index is 11.9. The standard InChI is InChI=1S/C30H29Cl3N4O4S/c1-37-18-35-36-29(37)42-17-25-14-26(22-7-5-19(16-38)6-8-22)41-27(40-25)23-11-9-21(10-12-23)24-4-2-3-20(13-24)15-34-28(39)30(31,32)33/h2-13,18,25-27,38H,14-17H2,1H3,(H,34,39)/t25-,26+,27+/m0/s1. The highest BCUT2D eigenvalue weighted by Gasteiger charge is 2.33. The van der Waals surface area contributed by atoms with Crippen LogP contribution in [0.25, 0.3) is 11.1 Å². The molecule has 220 valence electrons. The summed E-state index contributed by atoms with van der Waals surface area (Å²) in [6.07, 6.45) is 1.52. The average Bonchev–Trinajstić information content (AvgIpc) is 3.42. The minimum absolute atomic E-state index is 0.00659. The monoisotopic (exact) mass is 646 g/mol. The number of aromatic nitrogens is 3. The zero-order valence-corrected chi connectivity index (χ0v) is 25.7. The molecule has 0 radical (unpaired) electrons. The van der Waals surface area contributed by atoms with Crippen LogP contribution in [0.4, 0.5) is 0 Å². The van der Waals surface area contributed by atoms with Gasteiger partial charge in [0.1, 0.15) is 6.33 Å². The topological polar surface area (TPSA) is 98.5 Å². The van der Waals surface area contributed by atoms with E-state index in [4.69, 9.17) is 44.3 Å². The first-order valence-electron chi connectivity index (χ1n) is 13.2. The van der Waals surface area contributed by atoms with E-state index >= 15 is 0 Å². The fourth-order valence-corrected chi connectivity index (χ4v) is 5.68. The van der Waals surface area contributed by atoms with E-state index in [0.29, 0.717) is 12.2 Å². The molecule has 1 aliphatic heterocycles. The smallest absolute Gasteiger partial charge is 0.272 e. The lowest BCUT2D eigenvalue weighted by molar-refractivity contribution is -0.245. The van der Waals surface area contributed by atoms with E-state index in [1.807, 2.05) is 84.4 Å². The Balaban J connectivity index is 1.31. The van der Waals surface area contributed by atoms with Crippen LogP contribution in [0, 0.1) is 0 Å². The summed E-state index contributed by atoms with van der Waals surface area (Å²) in [7, 11) is 1.92. The van der Waals surface area contributed by atoms with E-state index in [1.165, 1.54) is 0 Å². The fourth-order valence-electron chi connectivity index (χ4n) is 4.57. The predicted octanol–water partition coefficient (Wildman–Crippen LogP) is 6.30. The number of rotatable bonds is 9. The Bertz CT molecular complexity index is 1500. The summed E-state index contributed by atoms with van der Waals surface area (Å²) in [5.41, 5.74) is 5.63. The largest absolute Gasteiger partial charge is 0.392 e. The number of aliphatic hydroxyl groups is 1. The van der Waals surface area contributed by atoms with Crippen LogP contribution in [-0.2, 0) is 34.5 Å². The van der Waals surface area contributed by atoms with Crippen molar-refractivity contribution in [3.8, 4) is 11.1 Å². The molecule has 4 aromatic rings. The van der Waals surface area contributed by atoms with E-state index < -0.39 is 16.0 Å². The zero-order chi connectivity index (χ0) is 29.7. The minimum atomic E-state index is -2.01. The van der Waals surface area contributed by atoms with Crippen molar-refractivity contribution in [2.45, 2.75) is 47.0 Å². The van der Waals surface area contributed by atoms with E-state index in [9.17, 15) is 9.90 Å². The Labute approximate surface area is 263 Å². The normalized spacial score (nSPS) is 19.0. The lowest BCUT2D eigenvalue weighted by Crippen LogP contribution is -2.33. The first kappa shape index (κ1) is 30.8. The average molecular weight is 648 g/mol. The number of alkyl halides is 3. The van der Waals surface area contributed by atoms with Gasteiger partial charge in [0.2, 0.25) is 0 Å². The molecule has 12 heteroatoms. The van der Waals surface area contributed by atoms with Crippen molar-refractivity contribution < 1.29 is 19.4 Å². The zero-order valence-electron chi connectivity index (χ0n) is 22.6. The van der Waals surface area contributed by atoms with Gasteiger partial charge in [-0.15, -0.1) is 10.2 Å². The van der Waals surface area contributed by atoms with Gasteiger partial charge in [-0.3, -0.25) is 4.79 Å². The summed E-state index contributed by atoms with van der Waals surface area (Å²) in [5, 5.41) is 21.0. The molecule has 1 aliphatic rings. The van der Waals surface area contributed by atoms with Crippen LogP contribution in [0.1, 0.15) is 41.1 Å². The van der Waals surface area contributed by atoms with Crippen LogP contribution < -0.4 is 5.32 Å². The number of aliphatic hydroxyl groups excluding tert-OH is 1. The number of thioether (sulfide) groups is 1. The second kappa shape index (κ2) is 13.8. The van der Waals surface area contributed by atoms with E-state index in [0.717, 1.165) is 38.5 Å². The molecule has 5 rings (SSSR count).